The van der Waals surface area contributed by atoms with Crippen LogP contribution in [0.15, 0.2) is 23.4 Å². The normalized spacial score (nSPS) is 10.6. The van der Waals surface area contributed by atoms with Gasteiger partial charge in [-0.1, -0.05) is 17.8 Å². The maximum Gasteiger partial charge on any atom is 0.234 e. The first kappa shape index (κ1) is 19.8. The highest BCUT2D eigenvalue weighted by atomic mass is 32.2. The molecule has 2 amide bonds. The highest BCUT2D eigenvalue weighted by Gasteiger charge is 2.14. The first-order valence-electron chi connectivity index (χ1n) is 8.22. The zero-order chi connectivity index (χ0) is 19.1. The van der Waals surface area contributed by atoms with E-state index < -0.39 is 0 Å². The molecule has 0 saturated heterocycles. The zero-order valence-electron chi connectivity index (χ0n) is 15.1. The number of hydrogen-bond acceptors (Lipinski definition) is 6. The zero-order valence-corrected chi connectivity index (χ0v) is 15.9. The molecule has 0 bridgehead atoms. The van der Waals surface area contributed by atoms with Gasteiger partial charge in [-0.3, -0.25) is 9.59 Å². The summed E-state index contributed by atoms with van der Waals surface area (Å²) in [5.74, 6) is 0.943. The SMILES string of the molecule is CCn1c(CCC(N)=O)nnc1SCC(=O)Nc1cc(C)ccc1OC. The smallest absolute Gasteiger partial charge is 0.234 e. The average molecular weight is 377 g/mol. The van der Waals surface area contributed by atoms with Crippen LogP contribution in [0.25, 0.3) is 0 Å². The van der Waals surface area contributed by atoms with E-state index in [0.29, 0.717) is 35.4 Å². The second-order valence-corrected chi connectivity index (χ2v) is 6.59. The van der Waals surface area contributed by atoms with Crippen LogP contribution < -0.4 is 15.8 Å². The molecule has 9 heteroatoms. The summed E-state index contributed by atoms with van der Waals surface area (Å²) in [6.07, 6.45) is 0.653. The number of methoxy groups -OCH3 is 1. The lowest BCUT2D eigenvalue weighted by molar-refractivity contribution is -0.118. The Bertz CT molecular complexity index is 791. The Morgan fingerprint density at radius 3 is 2.77 bits per heavy atom. The molecule has 26 heavy (non-hydrogen) atoms. The number of aromatic nitrogens is 3. The number of carbonyl (C=O) groups is 2. The molecule has 1 aromatic carbocycles. The standard InChI is InChI=1S/C17H23N5O3S/c1-4-22-15(8-7-14(18)23)20-21-17(22)26-10-16(24)19-12-9-11(2)5-6-13(12)25-3/h5-6,9H,4,7-8,10H2,1-3H3,(H2,18,23)(H,19,24). The lowest BCUT2D eigenvalue weighted by atomic mass is 10.2. The van der Waals surface area contributed by atoms with Crippen LogP contribution >= 0.6 is 11.8 Å². The number of benzene rings is 1. The molecule has 2 aromatic rings. The van der Waals surface area contributed by atoms with Gasteiger partial charge >= 0.3 is 0 Å². The van der Waals surface area contributed by atoms with E-state index in [1.165, 1.54) is 11.8 Å². The molecule has 0 atom stereocenters. The van der Waals surface area contributed by atoms with Crippen molar-refractivity contribution in [1.82, 2.24) is 14.8 Å². The predicted molar refractivity (Wildman–Crippen MR) is 100 cm³/mol. The Hall–Kier alpha value is -2.55. The quantitative estimate of drug-likeness (QED) is 0.644. The van der Waals surface area contributed by atoms with Crippen molar-refractivity contribution < 1.29 is 14.3 Å². The second kappa shape index (κ2) is 9.23. The largest absolute Gasteiger partial charge is 0.495 e. The fourth-order valence-corrected chi connectivity index (χ4v) is 3.22. The van der Waals surface area contributed by atoms with E-state index in [-0.39, 0.29) is 24.0 Å². The highest BCUT2D eigenvalue weighted by Crippen LogP contribution is 2.26. The van der Waals surface area contributed by atoms with Crippen LogP contribution in [0.5, 0.6) is 5.75 Å². The van der Waals surface area contributed by atoms with E-state index in [1.54, 1.807) is 7.11 Å². The maximum absolute atomic E-state index is 12.3. The summed E-state index contributed by atoms with van der Waals surface area (Å²) in [6.45, 7) is 4.55. The number of ether oxygens (including phenoxy) is 1. The molecule has 3 N–H and O–H groups in total. The molecular weight excluding hydrogens is 354 g/mol. The van der Waals surface area contributed by atoms with Gasteiger partial charge in [0.25, 0.3) is 0 Å². The first-order valence-corrected chi connectivity index (χ1v) is 9.20. The van der Waals surface area contributed by atoms with Crippen LogP contribution in [0, 0.1) is 6.92 Å². The van der Waals surface area contributed by atoms with Gasteiger partial charge in [-0.2, -0.15) is 0 Å². The fraction of sp³-hybridized carbons (Fsp3) is 0.412. The van der Waals surface area contributed by atoms with Crippen molar-refractivity contribution in [2.24, 2.45) is 5.73 Å². The molecule has 0 unspecified atom stereocenters. The van der Waals surface area contributed by atoms with E-state index in [2.05, 4.69) is 15.5 Å². The Labute approximate surface area is 156 Å². The second-order valence-electron chi connectivity index (χ2n) is 5.65. The lowest BCUT2D eigenvalue weighted by Crippen LogP contribution is -2.16. The number of primary amides is 1. The Morgan fingerprint density at radius 2 is 2.12 bits per heavy atom. The van der Waals surface area contributed by atoms with Gasteiger partial charge in [0.15, 0.2) is 5.16 Å². The number of nitrogens with two attached hydrogens (primary N) is 1. The van der Waals surface area contributed by atoms with E-state index in [4.69, 9.17) is 10.5 Å². The number of anilines is 1. The third-order valence-electron chi connectivity index (χ3n) is 3.67. The summed E-state index contributed by atoms with van der Waals surface area (Å²) in [5.41, 5.74) is 6.84. The lowest BCUT2D eigenvalue weighted by Gasteiger charge is -2.11. The third-order valence-corrected chi connectivity index (χ3v) is 4.63. The summed E-state index contributed by atoms with van der Waals surface area (Å²) in [7, 11) is 1.56. The molecule has 0 aliphatic carbocycles. The number of amides is 2. The van der Waals surface area contributed by atoms with Gasteiger partial charge in [0.05, 0.1) is 18.6 Å². The van der Waals surface area contributed by atoms with Crippen molar-refractivity contribution in [3.05, 3.63) is 29.6 Å². The Balaban J connectivity index is 1.99. The molecule has 1 aromatic heterocycles. The minimum absolute atomic E-state index is 0.164. The summed E-state index contributed by atoms with van der Waals surface area (Å²) in [5, 5.41) is 11.7. The van der Waals surface area contributed by atoms with Crippen LogP contribution in [0.4, 0.5) is 5.69 Å². The van der Waals surface area contributed by atoms with Crippen LogP contribution in [0.3, 0.4) is 0 Å². The number of aryl methyl sites for hydroxylation is 2. The van der Waals surface area contributed by atoms with E-state index in [9.17, 15) is 9.59 Å². The number of carbonyl (C=O) groups excluding carboxylic acids is 2. The molecule has 0 aliphatic heterocycles. The minimum atomic E-state index is -0.378. The number of rotatable bonds is 9. The third kappa shape index (κ3) is 5.22. The van der Waals surface area contributed by atoms with Gasteiger partial charge in [0, 0.05) is 19.4 Å². The molecule has 140 valence electrons. The number of nitrogens with one attached hydrogen (secondary N) is 1. The molecular formula is C17H23N5O3S. The fourth-order valence-electron chi connectivity index (χ4n) is 2.40. The van der Waals surface area contributed by atoms with Crippen molar-refractivity contribution in [3.8, 4) is 5.75 Å². The van der Waals surface area contributed by atoms with Crippen molar-refractivity contribution in [2.75, 3.05) is 18.2 Å². The van der Waals surface area contributed by atoms with Crippen molar-refractivity contribution >= 4 is 29.3 Å². The molecule has 1 heterocycles. The molecule has 0 spiro atoms. The molecule has 0 saturated carbocycles. The molecule has 0 fully saturated rings. The van der Waals surface area contributed by atoms with E-state index in [1.807, 2.05) is 36.6 Å². The van der Waals surface area contributed by atoms with Crippen molar-refractivity contribution in [3.63, 3.8) is 0 Å². The van der Waals surface area contributed by atoms with E-state index in [0.717, 1.165) is 5.56 Å². The molecule has 0 radical (unpaired) electrons. The van der Waals surface area contributed by atoms with Gasteiger partial charge in [-0.25, -0.2) is 0 Å². The molecule has 2 rings (SSSR count). The molecule has 0 aliphatic rings. The monoisotopic (exact) mass is 377 g/mol. The van der Waals surface area contributed by atoms with E-state index >= 15 is 0 Å². The van der Waals surface area contributed by atoms with Gasteiger partial charge in [0.2, 0.25) is 11.8 Å². The van der Waals surface area contributed by atoms with Gasteiger partial charge in [-0.05, 0) is 31.5 Å². The van der Waals surface area contributed by atoms with Crippen LogP contribution in [0.2, 0.25) is 0 Å². The number of thioether (sulfide) groups is 1. The summed E-state index contributed by atoms with van der Waals surface area (Å²) in [4.78, 5) is 23.2. The summed E-state index contributed by atoms with van der Waals surface area (Å²) >= 11 is 1.29. The van der Waals surface area contributed by atoms with Crippen molar-refractivity contribution in [2.45, 2.75) is 38.4 Å². The first-order chi connectivity index (χ1) is 12.4. The summed E-state index contributed by atoms with van der Waals surface area (Å²) in [6, 6.07) is 5.59. The van der Waals surface area contributed by atoms with Crippen LogP contribution in [0.1, 0.15) is 24.7 Å². The topological polar surface area (TPSA) is 112 Å². The summed E-state index contributed by atoms with van der Waals surface area (Å²) < 4.78 is 7.15. The predicted octanol–water partition coefficient (Wildman–Crippen LogP) is 1.76. The van der Waals surface area contributed by atoms with Gasteiger partial charge in [-0.15, -0.1) is 10.2 Å². The highest BCUT2D eigenvalue weighted by molar-refractivity contribution is 7.99. The Morgan fingerprint density at radius 1 is 1.35 bits per heavy atom. The number of hydrogen-bond donors (Lipinski definition) is 2. The molecule has 8 nitrogen and oxygen atoms in total. The Kier molecular flexibility index (Phi) is 7.02. The number of nitrogens with zero attached hydrogens (tertiary/aromatic N) is 3. The van der Waals surface area contributed by atoms with Crippen LogP contribution in [-0.2, 0) is 22.6 Å². The van der Waals surface area contributed by atoms with Crippen molar-refractivity contribution in [1.29, 1.82) is 0 Å². The minimum Gasteiger partial charge on any atom is -0.495 e. The maximum atomic E-state index is 12.3. The average Bonchev–Trinajstić information content (AvgIpc) is 3.00. The van der Waals surface area contributed by atoms with Crippen LogP contribution in [-0.4, -0.2) is 39.4 Å². The van der Waals surface area contributed by atoms with Gasteiger partial charge < -0.3 is 20.4 Å². The van der Waals surface area contributed by atoms with Gasteiger partial charge in [0.1, 0.15) is 11.6 Å².